The number of nitrogens with zero attached hydrogens (tertiary/aromatic N) is 1. The van der Waals surface area contributed by atoms with Crippen molar-refractivity contribution in [2.24, 2.45) is 5.92 Å². The Hall–Kier alpha value is -1.15. The molecule has 0 aliphatic heterocycles. The van der Waals surface area contributed by atoms with E-state index in [-0.39, 0.29) is 5.78 Å². The number of ketones is 1. The Labute approximate surface area is 123 Å². The molecule has 0 radical (unpaired) electrons. The molecule has 2 nitrogen and oxygen atoms in total. The molecule has 0 saturated heterocycles. The van der Waals surface area contributed by atoms with Gasteiger partial charge in [-0.2, -0.15) is 0 Å². The van der Waals surface area contributed by atoms with E-state index in [4.69, 9.17) is 0 Å². The van der Waals surface area contributed by atoms with Gasteiger partial charge in [0.2, 0.25) is 0 Å². The van der Waals surface area contributed by atoms with Crippen molar-refractivity contribution in [1.29, 1.82) is 0 Å². The Morgan fingerprint density at radius 2 is 1.75 bits per heavy atom. The van der Waals surface area contributed by atoms with Gasteiger partial charge in [0.25, 0.3) is 0 Å². The second-order valence-corrected chi connectivity index (χ2v) is 6.64. The topological polar surface area (TPSA) is 20.3 Å². The zero-order valence-electron chi connectivity index (χ0n) is 13.5. The highest BCUT2D eigenvalue weighted by molar-refractivity contribution is 5.99. The van der Waals surface area contributed by atoms with Crippen LogP contribution in [0.15, 0.2) is 12.1 Å². The molecule has 0 spiro atoms. The molecule has 0 unspecified atom stereocenters. The summed E-state index contributed by atoms with van der Waals surface area (Å²) in [5, 5.41) is 0. The molecular formula is C18H27NO. The molecule has 1 aromatic rings. The average molecular weight is 273 g/mol. The molecule has 0 amide bonds. The molecule has 0 N–H and O–H groups in total. The zero-order valence-corrected chi connectivity index (χ0v) is 13.5. The van der Waals surface area contributed by atoms with E-state index < -0.39 is 0 Å². The lowest BCUT2D eigenvalue weighted by Crippen LogP contribution is -2.37. The number of hydrogen-bond donors (Lipinski definition) is 0. The molecular weight excluding hydrogens is 246 g/mol. The minimum atomic E-state index is 0.264. The van der Waals surface area contributed by atoms with Crippen LogP contribution in [0.5, 0.6) is 0 Å². The van der Waals surface area contributed by atoms with Crippen molar-refractivity contribution in [3.05, 3.63) is 34.4 Å². The SMILES string of the molecule is Cc1cc(C)c(C(=O)CN(CC2CC2)C(C)C)cc1C. The second kappa shape index (κ2) is 6.09. The number of carbonyl (C=O) groups is 1. The molecule has 0 bridgehead atoms. The van der Waals surface area contributed by atoms with Crippen LogP contribution in [0.3, 0.4) is 0 Å². The third-order valence-electron chi connectivity index (χ3n) is 4.41. The fraction of sp³-hybridized carbons (Fsp3) is 0.611. The summed E-state index contributed by atoms with van der Waals surface area (Å²) in [5.74, 6) is 1.09. The summed E-state index contributed by atoms with van der Waals surface area (Å²) in [6, 6.07) is 4.62. The van der Waals surface area contributed by atoms with Crippen LogP contribution in [-0.4, -0.2) is 29.8 Å². The minimum absolute atomic E-state index is 0.264. The number of hydrogen-bond acceptors (Lipinski definition) is 2. The van der Waals surface area contributed by atoms with Gasteiger partial charge in [0.1, 0.15) is 0 Å². The Morgan fingerprint density at radius 3 is 2.30 bits per heavy atom. The molecule has 0 aromatic heterocycles. The summed E-state index contributed by atoms with van der Waals surface area (Å²) in [7, 11) is 0. The highest BCUT2D eigenvalue weighted by atomic mass is 16.1. The van der Waals surface area contributed by atoms with Crippen LogP contribution >= 0.6 is 0 Å². The van der Waals surface area contributed by atoms with Gasteiger partial charge in [-0.3, -0.25) is 9.69 Å². The lowest BCUT2D eigenvalue weighted by atomic mass is 9.97. The normalized spacial score (nSPS) is 15.2. The standard InChI is InChI=1S/C18H27NO/c1-12(2)19(10-16-6-7-16)11-18(20)17-9-14(4)13(3)8-15(17)5/h8-9,12,16H,6-7,10-11H2,1-5H3. The Morgan fingerprint density at radius 1 is 1.15 bits per heavy atom. The van der Waals surface area contributed by atoms with Crippen LogP contribution < -0.4 is 0 Å². The molecule has 1 saturated carbocycles. The summed E-state index contributed by atoms with van der Waals surface area (Å²) < 4.78 is 0. The molecule has 1 aromatic carbocycles. The average Bonchev–Trinajstić information content (AvgIpc) is 3.16. The first-order valence-corrected chi connectivity index (χ1v) is 7.73. The number of benzene rings is 1. The van der Waals surface area contributed by atoms with Gasteiger partial charge in [0, 0.05) is 18.2 Å². The van der Waals surface area contributed by atoms with Crippen LogP contribution in [0.2, 0.25) is 0 Å². The van der Waals surface area contributed by atoms with Gasteiger partial charge in [-0.25, -0.2) is 0 Å². The lowest BCUT2D eigenvalue weighted by molar-refractivity contribution is 0.0900. The van der Waals surface area contributed by atoms with Crippen LogP contribution in [0.25, 0.3) is 0 Å². The van der Waals surface area contributed by atoms with Gasteiger partial charge in [-0.05, 0) is 76.1 Å². The minimum Gasteiger partial charge on any atom is -0.293 e. The van der Waals surface area contributed by atoms with Gasteiger partial charge in [-0.15, -0.1) is 0 Å². The molecule has 1 aliphatic carbocycles. The smallest absolute Gasteiger partial charge is 0.177 e. The third kappa shape index (κ3) is 3.69. The molecule has 0 atom stereocenters. The van der Waals surface area contributed by atoms with Crippen molar-refractivity contribution < 1.29 is 4.79 Å². The fourth-order valence-corrected chi connectivity index (χ4v) is 2.62. The quantitative estimate of drug-likeness (QED) is 0.732. The van der Waals surface area contributed by atoms with Crippen LogP contribution in [0.4, 0.5) is 0 Å². The van der Waals surface area contributed by atoms with E-state index in [1.54, 1.807) is 0 Å². The lowest BCUT2D eigenvalue weighted by Gasteiger charge is -2.26. The number of carbonyl (C=O) groups excluding carboxylic acids is 1. The van der Waals surface area contributed by atoms with Crippen molar-refractivity contribution in [2.45, 2.75) is 53.5 Å². The van der Waals surface area contributed by atoms with E-state index in [2.05, 4.69) is 44.7 Å². The fourth-order valence-electron chi connectivity index (χ4n) is 2.62. The molecule has 1 aliphatic rings. The Kier molecular flexibility index (Phi) is 4.64. The maximum atomic E-state index is 12.6. The van der Waals surface area contributed by atoms with Crippen molar-refractivity contribution in [3.8, 4) is 0 Å². The highest BCUT2D eigenvalue weighted by Crippen LogP contribution is 2.30. The number of rotatable bonds is 6. The first-order chi connectivity index (χ1) is 9.38. The second-order valence-electron chi connectivity index (χ2n) is 6.64. The monoisotopic (exact) mass is 273 g/mol. The molecule has 0 heterocycles. The highest BCUT2D eigenvalue weighted by Gasteiger charge is 2.27. The van der Waals surface area contributed by atoms with E-state index in [0.717, 1.165) is 23.6 Å². The van der Waals surface area contributed by atoms with Crippen molar-refractivity contribution >= 4 is 5.78 Å². The summed E-state index contributed by atoms with van der Waals surface area (Å²) in [6.45, 7) is 12.2. The number of Topliss-reactive ketones (excluding diaryl/α,β-unsaturated/α-hetero) is 1. The van der Waals surface area contributed by atoms with E-state index in [9.17, 15) is 4.79 Å². The molecule has 110 valence electrons. The largest absolute Gasteiger partial charge is 0.293 e. The molecule has 2 heteroatoms. The summed E-state index contributed by atoms with van der Waals surface area (Å²) in [6.07, 6.45) is 2.67. The first-order valence-electron chi connectivity index (χ1n) is 7.73. The van der Waals surface area contributed by atoms with Crippen LogP contribution in [0, 0.1) is 26.7 Å². The van der Waals surface area contributed by atoms with E-state index in [1.165, 1.54) is 24.0 Å². The Bertz CT molecular complexity index is 500. The predicted octanol–water partition coefficient (Wildman–Crippen LogP) is 3.91. The van der Waals surface area contributed by atoms with E-state index >= 15 is 0 Å². The van der Waals surface area contributed by atoms with Gasteiger partial charge in [0.05, 0.1) is 6.54 Å². The third-order valence-corrected chi connectivity index (χ3v) is 4.41. The zero-order chi connectivity index (χ0) is 14.9. The molecule has 20 heavy (non-hydrogen) atoms. The van der Waals surface area contributed by atoms with Gasteiger partial charge in [-0.1, -0.05) is 6.07 Å². The maximum Gasteiger partial charge on any atom is 0.177 e. The maximum absolute atomic E-state index is 12.6. The predicted molar refractivity (Wildman–Crippen MR) is 84.4 cm³/mol. The van der Waals surface area contributed by atoms with Crippen molar-refractivity contribution in [1.82, 2.24) is 4.90 Å². The first kappa shape index (κ1) is 15.2. The van der Waals surface area contributed by atoms with Crippen molar-refractivity contribution in [2.75, 3.05) is 13.1 Å². The van der Waals surface area contributed by atoms with Gasteiger partial charge in [0.15, 0.2) is 5.78 Å². The summed E-state index contributed by atoms with van der Waals surface area (Å²) >= 11 is 0. The van der Waals surface area contributed by atoms with Crippen molar-refractivity contribution in [3.63, 3.8) is 0 Å². The molecule has 2 rings (SSSR count). The summed E-state index contributed by atoms with van der Waals surface area (Å²) in [4.78, 5) is 14.9. The number of aryl methyl sites for hydroxylation is 3. The van der Waals surface area contributed by atoms with Crippen LogP contribution in [-0.2, 0) is 0 Å². The van der Waals surface area contributed by atoms with E-state index in [1.807, 2.05) is 6.92 Å². The van der Waals surface area contributed by atoms with Crippen LogP contribution in [0.1, 0.15) is 53.7 Å². The van der Waals surface area contributed by atoms with Gasteiger partial charge >= 0.3 is 0 Å². The molecule has 1 fully saturated rings. The summed E-state index contributed by atoms with van der Waals surface area (Å²) in [5.41, 5.74) is 4.47. The van der Waals surface area contributed by atoms with E-state index in [0.29, 0.717) is 12.6 Å². The van der Waals surface area contributed by atoms with Gasteiger partial charge < -0.3 is 0 Å². The Balaban J connectivity index is 2.11.